The molecule has 1 amide bonds. The van der Waals surface area contributed by atoms with Crippen molar-refractivity contribution in [2.75, 3.05) is 26.2 Å². The Bertz CT molecular complexity index is 1360. The number of ketones is 1. The Morgan fingerprint density at radius 2 is 1.53 bits per heavy atom. The molecule has 8 nitrogen and oxygen atoms in total. The van der Waals surface area contributed by atoms with Gasteiger partial charge in [0.05, 0.1) is 43.5 Å². The Morgan fingerprint density at radius 1 is 0.889 bits per heavy atom. The number of hydrogen-bond donors (Lipinski definition) is 1. The van der Waals surface area contributed by atoms with Crippen LogP contribution in [0.1, 0.15) is 27.5 Å². The number of carbonyl (C=O) groups is 3. The second kappa shape index (κ2) is 10.1. The number of aliphatic hydroxyl groups is 1. The third-order valence-corrected chi connectivity index (χ3v) is 6.18. The van der Waals surface area contributed by atoms with E-state index >= 15 is 0 Å². The summed E-state index contributed by atoms with van der Waals surface area (Å²) in [6, 6.07) is 16.5. The first-order chi connectivity index (χ1) is 17.3. The number of methoxy groups -OCH3 is 3. The molecule has 1 aliphatic rings. The van der Waals surface area contributed by atoms with Gasteiger partial charge in [-0.15, -0.1) is 0 Å². The van der Waals surface area contributed by atoms with Gasteiger partial charge in [-0.2, -0.15) is 0 Å². The second-order valence-corrected chi connectivity index (χ2v) is 8.24. The van der Waals surface area contributed by atoms with Crippen LogP contribution in [0.15, 0.2) is 72.3 Å². The van der Waals surface area contributed by atoms with E-state index in [1.54, 1.807) is 36.4 Å². The van der Waals surface area contributed by atoms with E-state index in [1.807, 2.05) is 0 Å². The van der Waals surface area contributed by atoms with Crippen molar-refractivity contribution in [2.24, 2.45) is 0 Å². The van der Waals surface area contributed by atoms with Gasteiger partial charge in [-0.05, 0) is 60.2 Å². The number of ether oxygens (including phenoxy) is 3. The normalized spacial score (nSPS) is 16.7. The molecular formula is C27H22ClNO7. The molecule has 4 rings (SSSR count). The lowest BCUT2D eigenvalue weighted by molar-refractivity contribution is -0.132. The first-order valence-corrected chi connectivity index (χ1v) is 11.2. The van der Waals surface area contributed by atoms with Crippen LogP contribution in [-0.4, -0.2) is 44.1 Å². The van der Waals surface area contributed by atoms with E-state index in [9.17, 15) is 19.5 Å². The number of amides is 1. The predicted octanol–water partition coefficient (Wildman–Crippen LogP) is 4.77. The molecule has 36 heavy (non-hydrogen) atoms. The highest BCUT2D eigenvalue weighted by Crippen LogP contribution is 2.43. The molecule has 0 spiro atoms. The van der Waals surface area contributed by atoms with Crippen LogP contribution < -0.4 is 14.4 Å². The highest BCUT2D eigenvalue weighted by Gasteiger charge is 2.47. The summed E-state index contributed by atoms with van der Waals surface area (Å²) in [7, 11) is 4.22. The van der Waals surface area contributed by atoms with Crippen molar-refractivity contribution in [3.63, 3.8) is 0 Å². The Morgan fingerprint density at radius 3 is 2.11 bits per heavy atom. The standard InChI is InChI=1S/C27H22ClNO7/c1-34-19-11-6-15(7-12-19)23-22(24(30)17-8-13-20(28)21(14-17)35-2)25(31)26(32)29(23)18-9-4-16(5-10-18)27(33)36-3/h4-14,23,30H,1-3H3/b24-22-. The molecule has 3 aromatic carbocycles. The van der Waals surface area contributed by atoms with Crippen molar-refractivity contribution < 1.29 is 33.7 Å². The minimum Gasteiger partial charge on any atom is -0.507 e. The number of rotatable bonds is 6. The summed E-state index contributed by atoms with van der Waals surface area (Å²) >= 11 is 6.12. The van der Waals surface area contributed by atoms with E-state index in [4.69, 9.17) is 25.8 Å². The lowest BCUT2D eigenvalue weighted by Crippen LogP contribution is -2.29. The van der Waals surface area contributed by atoms with E-state index in [-0.39, 0.29) is 22.5 Å². The third kappa shape index (κ3) is 4.38. The van der Waals surface area contributed by atoms with Crippen molar-refractivity contribution >= 4 is 40.7 Å². The number of Topliss-reactive ketones (excluding diaryl/α,β-unsaturated/α-hetero) is 1. The molecular weight excluding hydrogens is 486 g/mol. The van der Waals surface area contributed by atoms with Gasteiger partial charge in [0.15, 0.2) is 0 Å². The molecule has 3 aromatic rings. The van der Waals surface area contributed by atoms with E-state index in [0.717, 1.165) is 0 Å². The summed E-state index contributed by atoms with van der Waals surface area (Å²) in [5, 5.41) is 11.6. The van der Waals surface area contributed by atoms with Crippen LogP contribution >= 0.6 is 11.6 Å². The zero-order valence-electron chi connectivity index (χ0n) is 19.7. The average Bonchev–Trinajstić information content (AvgIpc) is 3.18. The summed E-state index contributed by atoms with van der Waals surface area (Å²) in [6.45, 7) is 0. The number of halogens is 1. The summed E-state index contributed by atoms with van der Waals surface area (Å²) in [5.74, 6) is -1.72. The maximum Gasteiger partial charge on any atom is 0.337 e. The van der Waals surface area contributed by atoms with Crippen molar-refractivity contribution in [1.29, 1.82) is 0 Å². The van der Waals surface area contributed by atoms with Gasteiger partial charge in [0.2, 0.25) is 0 Å². The number of benzene rings is 3. The van der Waals surface area contributed by atoms with E-state index < -0.39 is 23.7 Å². The minimum atomic E-state index is -0.957. The Hall–Kier alpha value is -4.30. The molecule has 1 fully saturated rings. The molecule has 1 heterocycles. The molecule has 0 radical (unpaired) electrons. The monoisotopic (exact) mass is 507 g/mol. The van der Waals surface area contributed by atoms with Gasteiger partial charge in [-0.3, -0.25) is 14.5 Å². The maximum absolute atomic E-state index is 13.3. The molecule has 184 valence electrons. The topological polar surface area (TPSA) is 102 Å². The molecule has 0 saturated carbocycles. The van der Waals surface area contributed by atoms with Crippen molar-refractivity contribution in [2.45, 2.75) is 6.04 Å². The van der Waals surface area contributed by atoms with Gasteiger partial charge in [-0.25, -0.2) is 4.79 Å². The number of esters is 1. The maximum atomic E-state index is 13.3. The zero-order chi connectivity index (χ0) is 26.0. The molecule has 1 unspecified atom stereocenters. The van der Waals surface area contributed by atoms with Crippen molar-refractivity contribution in [3.8, 4) is 11.5 Å². The number of aliphatic hydroxyl groups excluding tert-OH is 1. The number of nitrogens with zero attached hydrogens (tertiary/aromatic N) is 1. The summed E-state index contributed by atoms with van der Waals surface area (Å²) in [4.78, 5) is 39.7. The highest BCUT2D eigenvalue weighted by molar-refractivity contribution is 6.51. The highest BCUT2D eigenvalue weighted by atomic mass is 35.5. The SMILES string of the molecule is COC(=O)c1ccc(N2C(=O)C(=O)/C(=C(\O)c3ccc(Cl)c(OC)c3)C2c2ccc(OC)cc2)cc1. The van der Waals surface area contributed by atoms with Crippen LogP contribution in [0.3, 0.4) is 0 Å². The van der Waals surface area contributed by atoms with Gasteiger partial charge in [0.25, 0.3) is 11.7 Å². The Kier molecular flexibility index (Phi) is 6.98. The van der Waals surface area contributed by atoms with Crippen LogP contribution in [0.2, 0.25) is 5.02 Å². The van der Waals surface area contributed by atoms with Crippen LogP contribution in [0.5, 0.6) is 11.5 Å². The number of carbonyl (C=O) groups excluding carboxylic acids is 3. The summed E-state index contributed by atoms with van der Waals surface area (Å²) in [5.41, 5.74) is 1.36. The molecule has 0 aliphatic carbocycles. The van der Waals surface area contributed by atoms with Gasteiger partial charge in [0.1, 0.15) is 17.3 Å². The first kappa shape index (κ1) is 24.8. The number of anilines is 1. The van der Waals surface area contributed by atoms with Crippen molar-refractivity contribution in [3.05, 3.63) is 94.0 Å². The van der Waals surface area contributed by atoms with Gasteiger partial charge < -0.3 is 19.3 Å². The minimum absolute atomic E-state index is 0.105. The summed E-state index contributed by atoms with van der Waals surface area (Å²) in [6.07, 6.45) is 0. The molecule has 9 heteroatoms. The Balaban J connectivity index is 1.90. The van der Waals surface area contributed by atoms with E-state index in [1.165, 1.54) is 56.6 Å². The van der Waals surface area contributed by atoms with E-state index in [0.29, 0.717) is 27.8 Å². The zero-order valence-corrected chi connectivity index (χ0v) is 20.4. The van der Waals surface area contributed by atoms with E-state index in [2.05, 4.69) is 0 Å². The molecule has 0 aromatic heterocycles. The molecule has 0 bridgehead atoms. The molecule has 1 aliphatic heterocycles. The number of hydrogen-bond acceptors (Lipinski definition) is 7. The van der Waals surface area contributed by atoms with Gasteiger partial charge >= 0.3 is 5.97 Å². The second-order valence-electron chi connectivity index (χ2n) is 7.83. The van der Waals surface area contributed by atoms with Crippen LogP contribution in [0.4, 0.5) is 5.69 Å². The Labute approximate surface area is 212 Å². The quantitative estimate of drug-likeness (QED) is 0.222. The predicted molar refractivity (Wildman–Crippen MR) is 134 cm³/mol. The lowest BCUT2D eigenvalue weighted by Gasteiger charge is -2.25. The largest absolute Gasteiger partial charge is 0.507 e. The van der Waals surface area contributed by atoms with Gasteiger partial charge in [-0.1, -0.05) is 23.7 Å². The van der Waals surface area contributed by atoms with Gasteiger partial charge in [0, 0.05) is 11.3 Å². The fraction of sp³-hybridized carbons (Fsp3) is 0.148. The fourth-order valence-electron chi connectivity index (χ4n) is 4.04. The first-order valence-electron chi connectivity index (χ1n) is 10.8. The summed E-state index contributed by atoms with van der Waals surface area (Å²) < 4.78 is 15.2. The molecule has 1 N–H and O–H groups in total. The van der Waals surface area contributed by atoms with Crippen LogP contribution in [0, 0.1) is 0 Å². The lowest BCUT2D eigenvalue weighted by atomic mass is 9.95. The fourth-order valence-corrected chi connectivity index (χ4v) is 4.23. The van der Waals surface area contributed by atoms with Crippen LogP contribution in [-0.2, 0) is 14.3 Å². The molecule has 1 atom stereocenters. The van der Waals surface area contributed by atoms with Crippen LogP contribution in [0.25, 0.3) is 5.76 Å². The average molecular weight is 508 g/mol. The van der Waals surface area contributed by atoms with Crippen molar-refractivity contribution in [1.82, 2.24) is 0 Å². The smallest absolute Gasteiger partial charge is 0.337 e. The molecule has 1 saturated heterocycles. The third-order valence-electron chi connectivity index (χ3n) is 5.87.